The molecule has 0 bridgehead atoms. The summed E-state index contributed by atoms with van der Waals surface area (Å²) in [5.74, 6) is -4.52. The molecule has 48 heavy (non-hydrogen) atoms. The summed E-state index contributed by atoms with van der Waals surface area (Å²) >= 11 is 0.932. The van der Waals surface area contributed by atoms with E-state index in [1.165, 1.54) is 19.2 Å². The van der Waals surface area contributed by atoms with Crippen LogP contribution in [0, 0.1) is 0 Å². The SMILES string of the molecule is CC(C)(O/N=C(\C(=O)N[C@H]1CN(C(=O)NS(=O)(=O)n2nc(-c3cc(=O)c(O)c[nH]3)n(C3CCCO3)c2=O)C1=O)c1csc(N)n1)C(=O)O. The molecule has 4 amide bonds. The Kier molecular flexibility index (Phi) is 8.81. The number of nitrogens with two attached hydrogens (primary N) is 1. The average molecular weight is 711 g/mol. The minimum absolute atomic E-state index is 0.0370. The monoisotopic (exact) mass is 710 g/mol. The molecule has 1 unspecified atom stereocenters. The number of hydrogen-bond acceptors (Lipinski definition) is 16. The Bertz CT molecular complexity index is 2070. The second-order valence-corrected chi connectivity index (χ2v) is 13.1. The lowest BCUT2D eigenvalue weighted by molar-refractivity contribution is -0.161. The number of thiazole rings is 1. The van der Waals surface area contributed by atoms with Gasteiger partial charge in [0.15, 0.2) is 22.4 Å². The van der Waals surface area contributed by atoms with Crippen LogP contribution < -0.4 is 26.9 Å². The predicted molar refractivity (Wildman–Crippen MR) is 161 cm³/mol. The molecule has 0 saturated carbocycles. The van der Waals surface area contributed by atoms with Crippen molar-refractivity contribution in [3.63, 3.8) is 0 Å². The summed E-state index contributed by atoms with van der Waals surface area (Å²) in [7, 11) is -5.12. The van der Waals surface area contributed by atoms with Gasteiger partial charge in [-0.2, -0.15) is 8.42 Å². The van der Waals surface area contributed by atoms with E-state index in [9.17, 15) is 47.4 Å². The average Bonchev–Trinajstić information content (AvgIpc) is 3.76. The number of H-pyrrole nitrogens is 1. The first-order valence-corrected chi connectivity index (χ1v) is 16.0. The topological polar surface area (TPSA) is 313 Å². The minimum Gasteiger partial charge on any atom is -0.503 e. The first-order valence-electron chi connectivity index (χ1n) is 13.7. The molecule has 2 fully saturated rings. The van der Waals surface area contributed by atoms with Crippen LogP contribution >= 0.6 is 11.3 Å². The molecule has 22 nitrogen and oxygen atoms in total. The summed E-state index contributed by atoms with van der Waals surface area (Å²) in [5.41, 5.74) is 0.840. The predicted octanol–water partition coefficient (Wildman–Crippen LogP) is -2.13. The van der Waals surface area contributed by atoms with Crippen LogP contribution in [0.1, 0.15) is 38.6 Å². The molecule has 24 heteroatoms. The number of β-lactam (4-membered cyclic amide) rings is 1. The molecule has 5 heterocycles. The fraction of sp³-hybridized carbons (Fsp3) is 0.375. The Morgan fingerprint density at radius 3 is 2.58 bits per heavy atom. The van der Waals surface area contributed by atoms with E-state index in [-0.39, 0.29) is 39.5 Å². The van der Waals surface area contributed by atoms with Gasteiger partial charge in [-0.3, -0.25) is 19.3 Å². The molecule has 3 aromatic rings. The van der Waals surface area contributed by atoms with Crippen LogP contribution in [-0.2, 0) is 34.2 Å². The number of carboxylic acid groups (broad SMARTS) is 1. The van der Waals surface area contributed by atoms with Crippen LogP contribution in [-0.4, -0.2) is 102 Å². The number of aromatic nitrogens is 5. The van der Waals surface area contributed by atoms with Crippen LogP contribution in [0.25, 0.3) is 11.5 Å². The summed E-state index contributed by atoms with van der Waals surface area (Å²) in [6.45, 7) is 2.04. The lowest BCUT2D eigenvalue weighted by atomic mass is 10.1. The van der Waals surface area contributed by atoms with Crippen molar-refractivity contribution < 1.29 is 47.4 Å². The van der Waals surface area contributed by atoms with Crippen molar-refractivity contribution in [1.82, 2.24) is 38.7 Å². The Morgan fingerprint density at radius 2 is 2.00 bits per heavy atom. The Balaban J connectivity index is 1.32. The normalized spacial score (nSPS) is 18.3. The van der Waals surface area contributed by atoms with Crippen molar-refractivity contribution in [2.75, 3.05) is 18.9 Å². The van der Waals surface area contributed by atoms with Crippen LogP contribution in [0.15, 0.2) is 32.4 Å². The van der Waals surface area contributed by atoms with Gasteiger partial charge in [-0.15, -0.1) is 16.4 Å². The van der Waals surface area contributed by atoms with E-state index in [4.69, 9.17) is 15.3 Å². The second-order valence-electron chi connectivity index (χ2n) is 10.7. The highest BCUT2D eigenvalue weighted by atomic mass is 32.2. The molecular formula is C24H26N10O12S2. The smallest absolute Gasteiger partial charge is 0.364 e. The molecule has 0 aliphatic carbocycles. The number of likely N-dealkylation sites (tertiary alicyclic amines) is 1. The molecule has 7 N–H and O–H groups in total. The summed E-state index contributed by atoms with van der Waals surface area (Å²) in [6.07, 6.45) is 0.743. The van der Waals surface area contributed by atoms with Gasteiger partial charge < -0.3 is 35.8 Å². The van der Waals surface area contributed by atoms with E-state index in [0.717, 1.165) is 28.2 Å². The van der Waals surface area contributed by atoms with Gasteiger partial charge in [-0.1, -0.05) is 9.24 Å². The highest BCUT2D eigenvalue weighted by Gasteiger charge is 2.44. The number of hydrogen-bond donors (Lipinski definition) is 6. The zero-order chi connectivity index (χ0) is 35.1. The maximum atomic E-state index is 13.3. The van der Waals surface area contributed by atoms with E-state index in [2.05, 4.69) is 25.5 Å². The number of aromatic amines is 1. The number of aromatic hydroxyl groups is 1. The lowest BCUT2D eigenvalue weighted by Crippen LogP contribution is -2.68. The number of carbonyl (C=O) groups is 4. The van der Waals surface area contributed by atoms with Crippen LogP contribution in [0.3, 0.4) is 0 Å². The number of anilines is 1. The second kappa shape index (κ2) is 12.5. The molecule has 0 spiro atoms. The van der Waals surface area contributed by atoms with Crippen LogP contribution in [0.2, 0.25) is 0 Å². The Hall–Kier alpha value is -5.62. The fourth-order valence-corrected chi connectivity index (χ4v) is 5.71. The maximum Gasteiger partial charge on any atom is 0.364 e. The van der Waals surface area contributed by atoms with Gasteiger partial charge in [0.05, 0.1) is 12.2 Å². The summed E-state index contributed by atoms with van der Waals surface area (Å²) < 4.78 is 34.2. The molecule has 2 aliphatic rings. The summed E-state index contributed by atoms with van der Waals surface area (Å²) in [6, 6.07) is -1.97. The highest BCUT2D eigenvalue weighted by molar-refractivity contribution is 7.88. The van der Waals surface area contributed by atoms with Crippen LogP contribution in [0.4, 0.5) is 9.93 Å². The van der Waals surface area contributed by atoms with Crippen molar-refractivity contribution in [2.45, 2.75) is 44.6 Å². The quantitative estimate of drug-likeness (QED) is 0.0743. The minimum atomic E-state index is -5.12. The van der Waals surface area contributed by atoms with Gasteiger partial charge in [0, 0.05) is 24.3 Å². The number of nitrogens with zero attached hydrogens (tertiary/aromatic N) is 6. The number of pyridine rings is 1. The molecule has 5 rings (SSSR count). The van der Waals surface area contributed by atoms with E-state index in [0.29, 0.717) is 11.3 Å². The first kappa shape index (κ1) is 33.7. The number of nitrogens with one attached hydrogen (secondary N) is 3. The van der Waals surface area contributed by atoms with E-state index in [1.807, 2.05) is 0 Å². The zero-order valence-corrected chi connectivity index (χ0v) is 26.4. The number of amides is 4. The number of oxime groups is 1. The summed E-state index contributed by atoms with van der Waals surface area (Å²) in [5, 5.41) is 29.9. The Morgan fingerprint density at radius 1 is 1.27 bits per heavy atom. The lowest BCUT2D eigenvalue weighted by Gasteiger charge is -2.36. The molecule has 256 valence electrons. The number of nitrogen functional groups attached to an aromatic ring is 1. The van der Waals surface area contributed by atoms with Gasteiger partial charge in [-0.25, -0.2) is 28.7 Å². The van der Waals surface area contributed by atoms with Crippen molar-refractivity contribution >= 4 is 56.2 Å². The fourth-order valence-electron chi connectivity index (χ4n) is 4.27. The number of carboxylic acids is 1. The number of rotatable bonds is 10. The molecule has 2 saturated heterocycles. The zero-order valence-electron chi connectivity index (χ0n) is 24.8. The first-order chi connectivity index (χ1) is 22.5. The van der Waals surface area contributed by atoms with Crippen molar-refractivity contribution in [1.29, 1.82) is 0 Å². The molecule has 0 radical (unpaired) electrons. The van der Waals surface area contributed by atoms with E-state index in [1.54, 1.807) is 4.72 Å². The van der Waals surface area contributed by atoms with E-state index < -0.39 is 81.0 Å². The third kappa shape index (κ3) is 6.47. The third-order valence-corrected chi connectivity index (χ3v) is 8.69. The summed E-state index contributed by atoms with van der Waals surface area (Å²) in [4.78, 5) is 87.2. The standard InChI is InChI=1S/C24H26N10O12S2/c1-24(2,20(39)40)46-30-16(12-9-47-21(25)28-12)18(37)27-11-8-32(19(11)38)22(41)31-48(43,44)34-23(42)33(15-4-3-5-45-15)17(29-34)10-6-13(35)14(36)7-26-10/h6-7,9,11,15,36H,3-5,8H2,1-2H3,(H2,25,28)(H,26,35)(H,27,37)(H,31,41)(H,39,40)/b30-16-/t11-,15?/m0/s1. The van der Waals surface area contributed by atoms with E-state index >= 15 is 0 Å². The van der Waals surface area contributed by atoms with Crippen LogP contribution in [0.5, 0.6) is 5.75 Å². The Labute approximate surface area is 271 Å². The van der Waals surface area contributed by atoms with Gasteiger partial charge in [0.25, 0.3) is 11.8 Å². The van der Waals surface area contributed by atoms with Gasteiger partial charge in [0.2, 0.25) is 11.0 Å². The highest BCUT2D eigenvalue weighted by Crippen LogP contribution is 2.26. The molecule has 0 aromatic carbocycles. The number of imide groups is 1. The maximum absolute atomic E-state index is 13.3. The number of aliphatic carboxylic acids is 1. The van der Waals surface area contributed by atoms with Crippen molar-refractivity contribution in [3.8, 4) is 17.3 Å². The number of urea groups is 1. The molecule has 3 aromatic heterocycles. The van der Waals surface area contributed by atoms with Gasteiger partial charge in [0.1, 0.15) is 18.0 Å². The third-order valence-electron chi connectivity index (χ3n) is 6.89. The van der Waals surface area contributed by atoms with Gasteiger partial charge in [-0.05, 0) is 26.7 Å². The van der Waals surface area contributed by atoms with Crippen molar-refractivity contribution in [3.05, 3.63) is 44.0 Å². The van der Waals surface area contributed by atoms with Gasteiger partial charge >= 0.3 is 27.9 Å². The molecular weight excluding hydrogens is 684 g/mol. The number of ether oxygens (including phenoxy) is 1. The molecule has 2 aliphatic heterocycles. The molecule has 2 atom stereocenters. The number of carbonyl (C=O) groups excluding carboxylic acids is 3. The van der Waals surface area contributed by atoms with Crippen molar-refractivity contribution in [2.24, 2.45) is 5.16 Å². The largest absolute Gasteiger partial charge is 0.503 e.